The summed E-state index contributed by atoms with van der Waals surface area (Å²) in [6.45, 7) is 3.85. The lowest BCUT2D eigenvalue weighted by Gasteiger charge is -2.10. The van der Waals surface area contributed by atoms with E-state index in [4.69, 9.17) is 4.74 Å². The average molecular weight is 485 g/mol. The van der Waals surface area contributed by atoms with Gasteiger partial charge in [0.1, 0.15) is 4.90 Å². The molecule has 1 heterocycles. The maximum absolute atomic E-state index is 12.7. The van der Waals surface area contributed by atoms with Crippen LogP contribution in [0.4, 0.5) is 5.69 Å². The molecule has 10 heteroatoms. The van der Waals surface area contributed by atoms with Gasteiger partial charge in [0.15, 0.2) is 16.4 Å². The van der Waals surface area contributed by atoms with E-state index in [1.165, 1.54) is 5.56 Å². The highest BCUT2D eigenvalue weighted by atomic mass is 32.2. The van der Waals surface area contributed by atoms with Crippen LogP contribution in [0, 0.1) is 24.0 Å². The number of carbonyl (C=O) groups excluding carboxylic acids is 2. The molecule has 0 amide bonds. The van der Waals surface area contributed by atoms with Crippen molar-refractivity contribution in [2.75, 3.05) is 12.9 Å². The summed E-state index contributed by atoms with van der Waals surface area (Å²) in [5, 5.41) is 11.2. The predicted octanol–water partition coefficient (Wildman–Crippen LogP) is 3.70. The van der Waals surface area contributed by atoms with Crippen molar-refractivity contribution in [1.82, 2.24) is 4.57 Å². The third-order valence-electron chi connectivity index (χ3n) is 5.47. The lowest BCUT2D eigenvalue weighted by molar-refractivity contribution is -0.387. The van der Waals surface area contributed by atoms with E-state index in [2.05, 4.69) is 0 Å². The van der Waals surface area contributed by atoms with Crippen molar-refractivity contribution in [2.45, 2.75) is 31.7 Å². The minimum absolute atomic E-state index is 0.222. The van der Waals surface area contributed by atoms with Gasteiger partial charge in [0.2, 0.25) is 5.78 Å². The van der Waals surface area contributed by atoms with Crippen LogP contribution < -0.4 is 0 Å². The second-order valence-corrected chi connectivity index (χ2v) is 9.87. The molecule has 0 aliphatic rings. The van der Waals surface area contributed by atoms with Crippen molar-refractivity contribution >= 4 is 27.3 Å². The average Bonchev–Trinajstić information content (AvgIpc) is 3.08. The summed E-state index contributed by atoms with van der Waals surface area (Å²) >= 11 is 0. The highest BCUT2D eigenvalue weighted by molar-refractivity contribution is 7.90. The second-order valence-electron chi connectivity index (χ2n) is 7.88. The summed E-state index contributed by atoms with van der Waals surface area (Å²) in [6, 6.07) is 14.6. The summed E-state index contributed by atoms with van der Waals surface area (Å²) in [4.78, 5) is 35.0. The first-order chi connectivity index (χ1) is 16.0. The van der Waals surface area contributed by atoms with Gasteiger partial charge in [-0.15, -0.1) is 0 Å². The van der Waals surface area contributed by atoms with E-state index < -0.39 is 43.7 Å². The van der Waals surface area contributed by atoms with E-state index in [9.17, 15) is 28.1 Å². The third-order valence-corrected chi connectivity index (χ3v) is 6.61. The van der Waals surface area contributed by atoms with E-state index in [1.54, 1.807) is 6.07 Å². The molecule has 3 rings (SSSR count). The first-order valence-corrected chi connectivity index (χ1v) is 12.3. The van der Waals surface area contributed by atoms with Gasteiger partial charge in [-0.1, -0.05) is 30.3 Å². The standard InChI is InChI=1S/C24H24N2O7S/c1-16-13-20(17(2)25(16)12-11-18-7-5-4-6-8-18)22(27)15-33-24(28)19-9-10-23(34(3,31)32)21(14-19)26(29)30/h4-10,13-14H,11-12,15H2,1-3H3. The molecule has 0 aliphatic heterocycles. The van der Waals surface area contributed by atoms with Gasteiger partial charge in [0.25, 0.3) is 5.69 Å². The molecule has 9 nitrogen and oxygen atoms in total. The molecule has 1 aromatic heterocycles. The molecule has 3 aromatic rings. The number of aromatic nitrogens is 1. The van der Waals surface area contributed by atoms with Crippen molar-refractivity contribution < 1.29 is 27.7 Å². The highest BCUT2D eigenvalue weighted by Crippen LogP contribution is 2.25. The SMILES string of the molecule is Cc1cc(C(=O)COC(=O)c2ccc(S(C)(=O)=O)c([N+](=O)[O-])c2)c(C)n1CCc1ccccc1. The monoisotopic (exact) mass is 484 g/mol. The zero-order chi connectivity index (χ0) is 25.0. The van der Waals surface area contributed by atoms with Crippen LogP contribution in [0.5, 0.6) is 0 Å². The first-order valence-electron chi connectivity index (χ1n) is 10.4. The minimum atomic E-state index is -3.86. The fourth-order valence-electron chi connectivity index (χ4n) is 3.71. The van der Waals surface area contributed by atoms with Crippen LogP contribution >= 0.6 is 0 Å². The number of ketones is 1. The Morgan fingerprint density at radius 3 is 2.35 bits per heavy atom. The van der Waals surface area contributed by atoms with Crippen LogP contribution in [0.15, 0.2) is 59.5 Å². The zero-order valence-electron chi connectivity index (χ0n) is 19.0. The van der Waals surface area contributed by atoms with Gasteiger partial charge in [0, 0.05) is 35.8 Å². The fourth-order valence-corrected chi connectivity index (χ4v) is 4.53. The predicted molar refractivity (Wildman–Crippen MR) is 125 cm³/mol. The molecular weight excluding hydrogens is 460 g/mol. The van der Waals surface area contributed by atoms with Crippen LogP contribution in [0.1, 0.15) is 37.7 Å². The topological polar surface area (TPSA) is 126 Å². The molecular formula is C24H24N2O7S. The van der Waals surface area contributed by atoms with Crippen molar-refractivity contribution in [3.05, 3.63) is 92.8 Å². The lowest BCUT2D eigenvalue weighted by atomic mass is 10.1. The van der Waals surface area contributed by atoms with Crippen LogP contribution in [0.2, 0.25) is 0 Å². The van der Waals surface area contributed by atoms with Gasteiger partial charge in [0.05, 0.1) is 10.5 Å². The van der Waals surface area contributed by atoms with Crippen LogP contribution in [0.3, 0.4) is 0 Å². The number of nitrogens with zero attached hydrogens (tertiary/aromatic N) is 2. The third kappa shape index (κ3) is 5.57. The molecule has 0 aliphatic carbocycles. The minimum Gasteiger partial charge on any atom is -0.454 e. The Morgan fingerprint density at radius 2 is 1.74 bits per heavy atom. The number of hydrogen-bond donors (Lipinski definition) is 0. The molecule has 178 valence electrons. The number of nitro benzene ring substituents is 1. The van der Waals surface area contributed by atoms with E-state index >= 15 is 0 Å². The normalized spacial score (nSPS) is 11.3. The smallest absolute Gasteiger partial charge is 0.338 e. The van der Waals surface area contributed by atoms with Crippen molar-refractivity contribution in [1.29, 1.82) is 0 Å². The number of Topliss-reactive ketones (excluding diaryl/α,β-unsaturated/α-hetero) is 1. The van der Waals surface area contributed by atoms with Crippen LogP contribution in [-0.4, -0.2) is 42.5 Å². The Kier molecular flexibility index (Phi) is 7.31. The van der Waals surface area contributed by atoms with E-state index in [0.717, 1.165) is 42.3 Å². The zero-order valence-corrected chi connectivity index (χ0v) is 19.8. The second kappa shape index (κ2) is 10.0. The summed E-state index contributed by atoms with van der Waals surface area (Å²) in [7, 11) is -3.86. The molecule has 0 saturated carbocycles. The summed E-state index contributed by atoms with van der Waals surface area (Å²) in [5.41, 5.74) is 2.30. The van der Waals surface area contributed by atoms with Gasteiger partial charge in [-0.2, -0.15) is 0 Å². The Balaban J connectivity index is 1.70. The van der Waals surface area contributed by atoms with Gasteiger partial charge >= 0.3 is 5.97 Å². The molecule has 0 bridgehead atoms. The highest BCUT2D eigenvalue weighted by Gasteiger charge is 2.25. The number of hydrogen-bond acceptors (Lipinski definition) is 7. The fraction of sp³-hybridized carbons (Fsp3) is 0.250. The molecule has 0 fully saturated rings. The molecule has 0 spiro atoms. The number of sulfone groups is 1. The van der Waals surface area contributed by atoms with Crippen molar-refractivity contribution in [2.24, 2.45) is 0 Å². The summed E-state index contributed by atoms with van der Waals surface area (Å²) < 4.78 is 30.6. The quantitative estimate of drug-likeness (QED) is 0.196. The number of ether oxygens (including phenoxy) is 1. The molecule has 0 N–H and O–H groups in total. The number of rotatable bonds is 9. The molecule has 0 unspecified atom stereocenters. The number of nitro groups is 1. The number of aryl methyl sites for hydroxylation is 2. The number of benzene rings is 2. The summed E-state index contributed by atoms with van der Waals surface area (Å²) in [5.74, 6) is -1.37. The van der Waals surface area contributed by atoms with E-state index in [-0.39, 0.29) is 5.56 Å². The lowest BCUT2D eigenvalue weighted by Crippen LogP contribution is -2.16. The Bertz CT molecular complexity index is 1360. The van der Waals surface area contributed by atoms with Crippen LogP contribution in [0.25, 0.3) is 0 Å². The maximum atomic E-state index is 12.7. The maximum Gasteiger partial charge on any atom is 0.338 e. The summed E-state index contributed by atoms with van der Waals surface area (Å²) in [6.07, 6.45) is 1.63. The Morgan fingerprint density at radius 1 is 1.06 bits per heavy atom. The molecule has 2 aromatic carbocycles. The van der Waals surface area contributed by atoms with Gasteiger partial charge in [-0.3, -0.25) is 14.9 Å². The van der Waals surface area contributed by atoms with Crippen molar-refractivity contribution in [3.63, 3.8) is 0 Å². The Labute approximate surface area is 197 Å². The number of carbonyl (C=O) groups is 2. The van der Waals surface area contributed by atoms with Crippen LogP contribution in [-0.2, 0) is 27.5 Å². The Hall–Kier alpha value is -3.79. The molecule has 0 atom stereocenters. The molecule has 0 saturated heterocycles. The largest absolute Gasteiger partial charge is 0.454 e. The number of esters is 1. The van der Waals surface area contributed by atoms with Gasteiger partial charge in [-0.25, -0.2) is 13.2 Å². The van der Waals surface area contributed by atoms with E-state index in [0.29, 0.717) is 12.1 Å². The van der Waals surface area contributed by atoms with Gasteiger partial charge in [-0.05, 0) is 44.0 Å². The first kappa shape index (κ1) is 24.8. The molecule has 34 heavy (non-hydrogen) atoms. The van der Waals surface area contributed by atoms with E-state index in [1.807, 2.05) is 48.7 Å². The van der Waals surface area contributed by atoms with Crippen molar-refractivity contribution in [3.8, 4) is 0 Å². The molecule has 0 radical (unpaired) electrons. The van der Waals surface area contributed by atoms with Gasteiger partial charge < -0.3 is 9.30 Å².